The molecule has 0 radical (unpaired) electrons. The fourth-order valence-corrected chi connectivity index (χ4v) is 3.01. The molecule has 15 nitrogen and oxygen atoms in total. The number of hydrogen-bond acceptors (Lipinski definition) is 15. The van der Waals surface area contributed by atoms with Crippen molar-refractivity contribution in [2.45, 2.75) is 12.8 Å². The monoisotopic (exact) mass is 638 g/mol. The van der Waals surface area contributed by atoms with Gasteiger partial charge < -0.3 is 37.9 Å². The molecule has 0 spiro atoms. The number of carbonyl (C=O) groups is 7. The van der Waals surface area contributed by atoms with Gasteiger partial charge in [0.1, 0.15) is 39.6 Å². The van der Waals surface area contributed by atoms with Gasteiger partial charge in [-0.1, -0.05) is 32.9 Å². The maximum Gasteiger partial charge on any atom is 0.330 e. The van der Waals surface area contributed by atoms with E-state index in [-0.39, 0.29) is 12.8 Å². The Morgan fingerprint density at radius 3 is 0.978 bits per heavy atom. The summed E-state index contributed by atoms with van der Waals surface area (Å²) in [7, 11) is 1.15. The first-order chi connectivity index (χ1) is 21.3. The van der Waals surface area contributed by atoms with E-state index in [1.165, 1.54) is 0 Å². The molecule has 0 bridgehead atoms. The van der Waals surface area contributed by atoms with Crippen LogP contribution in [-0.4, -0.2) is 102 Å². The van der Waals surface area contributed by atoms with Gasteiger partial charge in [0.25, 0.3) is 0 Å². The van der Waals surface area contributed by atoms with Crippen LogP contribution in [-0.2, 0) is 71.5 Å². The Morgan fingerprint density at radius 1 is 0.444 bits per heavy atom. The van der Waals surface area contributed by atoms with Gasteiger partial charge in [0.2, 0.25) is 0 Å². The Morgan fingerprint density at radius 2 is 0.711 bits per heavy atom. The first kappa shape index (κ1) is 40.0. The van der Waals surface area contributed by atoms with Gasteiger partial charge in [0, 0.05) is 30.4 Å². The standard InChI is InChI=1S/C30H38O15/c1-7-22(31)40-16-29(17-41-23(32)8-2,18-42-24(33)9-3)14-39-15-30(19-43-25(34)10-4,20-44-26(35)11-5)21-45-28(37)13-12-27(36)38-6/h7-11H,1-5,12-21H2,6H3. The van der Waals surface area contributed by atoms with Crippen LogP contribution in [0.3, 0.4) is 0 Å². The average molecular weight is 639 g/mol. The molecule has 0 aliphatic heterocycles. The molecule has 0 saturated carbocycles. The summed E-state index contributed by atoms with van der Waals surface area (Å²) in [6, 6.07) is 0. The van der Waals surface area contributed by atoms with Crippen molar-refractivity contribution in [1.29, 1.82) is 0 Å². The summed E-state index contributed by atoms with van der Waals surface area (Å²) in [6.07, 6.45) is 3.71. The van der Waals surface area contributed by atoms with Gasteiger partial charge in [-0.3, -0.25) is 9.59 Å². The number of esters is 7. The van der Waals surface area contributed by atoms with Crippen molar-refractivity contribution in [2.75, 3.05) is 60.0 Å². The highest BCUT2D eigenvalue weighted by Gasteiger charge is 2.40. The lowest BCUT2D eigenvalue weighted by atomic mass is 9.90. The van der Waals surface area contributed by atoms with E-state index in [4.69, 9.17) is 33.2 Å². The third-order valence-electron chi connectivity index (χ3n) is 5.55. The molecule has 0 heterocycles. The number of methoxy groups -OCH3 is 1. The van der Waals surface area contributed by atoms with Crippen molar-refractivity contribution >= 4 is 41.8 Å². The smallest absolute Gasteiger partial charge is 0.330 e. The molecule has 0 amide bonds. The van der Waals surface area contributed by atoms with Gasteiger partial charge in [-0.05, 0) is 0 Å². The number of carbonyl (C=O) groups excluding carboxylic acids is 7. The lowest BCUT2D eigenvalue weighted by Gasteiger charge is -2.35. The lowest BCUT2D eigenvalue weighted by molar-refractivity contribution is -0.171. The fraction of sp³-hybridized carbons (Fsp3) is 0.433. The second kappa shape index (κ2) is 21.6. The normalized spacial score (nSPS) is 10.6. The number of hydrogen-bond donors (Lipinski definition) is 0. The van der Waals surface area contributed by atoms with Crippen LogP contribution in [0.25, 0.3) is 0 Å². The van der Waals surface area contributed by atoms with Gasteiger partial charge in [0.05, 0.1) is 44.0 Å². The molecule has 0 unspecified atom stereocenters. The molecule has 0 aromatic heterocycles. The van der Waals surface area contributed by atoms with Gasteiger partial charge >= 0.3 is 41.8 Å². The predicted molar refractivity (Wildman–Crippen MR) is 154 cm³/mol. The maximum atomic E-state index is 12.4. The highest BCUT2D eigenvalue weighted by molar-refractivity contribution is 5.83. The molecule has 0 N–H and O–H groups in total. The highest BCUT2D eigenvalue weighted by atomic mass is 16.6. The minimum atomic E-state index is -1.57. The molecule has 0 fully saturated rings. The average Bonchev–Trinajstić information content (AvgIpc) is 3.06. The summed E-state index contributed by atoms with van der Waals surface area (Å²) in [5.74, 6) is -5.81. The van der Waals surface area contributed by atoms with Crippen LogP contribution in [0.4, 0.5) is 0 Å². The molecular formula is C30H38O15. The van der Waals surface area contributed by atoms with Gasteiger partial charge in [-0.15, -0.1) is 0 Å². The molecule has 0 rings (SSSR count). The van der Waals surface area contributed by atoms with Crippen molar-refractivity contribution in [3.8, 4) is 0 Å². The lowest BCUT2D eigenvalue weighted by Crippen LogP contribution is -2.47. The molecule has 0 aromatic rings. The second-order valence-electron chi connectivity index (χ2n) is 9.29. The zero-order valence-electron chi connectivity index (χ0n) is 25.1. The summed E-state index contributed by atoms with van der Waals surface area (Å²) in [6.45, 7) is 12.4. The van der Waals surface area contributed by atoms with E-state index < -0.39 is 105 Å². The van der Waals surface area contributed by atoms with Crippen molar-refractivity contribution in [2.24, 2.45) is 10.8 Å². The van der Waals surface area contributed by atoms with E-state index in [0.717, 1.165) is 37.5 Å². The van der Waals surface area contributed by atoms with Gasteiger partial charge in [0.15, 0.2) is 0 Å². The third-order valence-corrected chi connectivity index (χ3v) is 5.55. The van der Waals surface area contributed by atoms with Crippen molar-refractivity contribution < 1.29 is 71.5 Å². The van der Waals surface area contributed by atoms with Crippen LogP contribution in [0.2, 0.25) is 0 Å². The van der Waals surface area contributed by atoms with E-state index in [0.29, 0.717) is 0 Å². The minimum absolute atomic E-state index is 0.283. The van der Waals surface area contributed by atoms with Crippen LogP contribution < -0.4 is 0 Å². The first-order valence-corrected chi connectivity index (χ1v) is 13.1. The van der Waals surface area contributed by atoms with Crippen LogP contribution in [0.15, 0.2) is 63.3 Å². The zero-order valence-corrected chi connectivity index (χ0v) is 25.1. The van der Waals surface area contributed by atoms with Crippen LogP contribution >= 0.6 is 0 Å². The van der Waals surface area contributed by atoms with Crippen molar-refractivity contribution in [3.63, 3.8) is 0 Å². The second-order valence-corrected chi connectivity index (χ2v) is 9.29. The Kier molecular flexibility index (Phi) is 19.2. The zero-order chi connectivity index (χ0) is 34.3. The van der Waals surface area contributed by atoms with E-state index in [1.54, 1.807) is 0 Å². The SMILES string of the molecule is C=CC(=O)OCC(COCC(COC(=O)C=C)(COC(=O)C=C)COC(=O)CCC(=O)OC)(COC(=O)C=C)COC(=O)C=C. The topological polar surface area (TPSA) is 193 Å². The molecule has 0 atom stereocenters. The molecular weight excluding hydrogens is 600 g/mol. The Bertz CT molecular complexity index is 1040. The molecule has 0 aliphatic carbocycles. The van der Waals surface area contributed by atoms with E-state index >= 15 is 0 Å². The number of rotatable bonds is 24. The van der Waals surface area contributed by atoms with Crippen LogP contribution in [0, 0.1) is 10.8 Å². The molecule has 0 aromatic carbocycles. The summed E-state index contributed by atoms with van der Waals surface area (Å²) in [4.78, 5) is 83.3. The highest BCUT2D eigenvalue weighted by Crippen LogP contribution is 2.26. The Hall–Kier alpha value is -5.05. The van der Waals surface area contributed by atoms with E-state index in [2.05, 4.69) is 37.6 Å². The Labute approximate surface area is 260 Å². The minimum Gasteiger partial charge on any atom is -0.469 e. The van der Waals surface area contributed by atoms with Crippen molar-refractivity contribution in [1.82, 2.24) is 0 Å². The predicted octanol–water partition coefficient (Wildman–Crippen LogP) is 1.12. The van der Waals surface area contributed by atoms with Gasteiger partial charge in [-0.25, -0.2) is 24.0 Å². The van der Waals surface area contributed by atoms with Crippen LogP contribution in [0.1, 0.15) is 12.8 Å². The molecule has 0 aliphatic rings. The summed E-state index contributed by atoms with van der Waals surface area (Å²) in [5, 5.41) is 0. The molecule has 248 valence electrons. The molecule has 45 heavy (non-hydrogen) atoms. The van der Waals surface area contributed by atoms with E-state index in [9.17, 15) is 33.6 Å². The first-order valence-electron chi connectivity index (χ1n) is 13.1. The largest absolute Gasteiger partial charge is 0.469 e. The Balaban J connectivity index is 6.37. The van der Waals surface area contributed by atoms with E-state index in [1.807, 2.05) is 0 Å². The van der Waals surface area contributed by atoms with Gasteiger partial charge in [-0.2, -0.15) is 0 Å². The van der Waals surface area contributed by atoms with Crippen LogP contribution in [0.5, 0.6) is 0 Å². The summed E-state index contributed by atoms with van der Waals surface area (Å²) in [5.41, 5.74) is -3.11. The summed E-state index contributed by atoms with van der Waals surface area (Å²) >= 11 is 0. The summed E-state index contributed by atoms with van der Waals surface area (Å²) < 4.78 is 41.5. The third kappa shape index (κ3) is 17.0. The molecule has 0 saturated heterocycles. The molecule has 15 heteroatoms. The number of ether oxygens (including phenoxy) is 8. The fourth-order valence-electron chi connectivity index (χ4n) is 3.01. The quantitative estimate of drug-likeness (QED) is 0.0828. The van der Waals surface area contributed by atoms with Crippen molar-refractivity contribution in [3.05, 3.63) is 63.3 Å². The maximum absolute atomic E-state index is 12.4.